The second-order valence-electron chi connectivity index (χ2n) is 4.87. The van der Waals surface area contributed by atoms with Gasteiger partial charge in [0.2, 0.25) is 0 Å². The molecule has 3 rings (SSSR count). The Kier molecular flexibility index (Phi) is 2.52. The third kappa shape index (κ3) is 1.78. The van der Waals surface area contributed by atoms with Crippen LogP contribution in [0.15, 0.2) is 24.5 Å². The van der Waals surface area contributed by atoms with E-state index in [9.17, 15) is 0 Å². The Balaban J connectivity index is 1.93. The topological polar surface area (TPSA) is 46.6 Å². The van der Waals surface area contributed by atoms with Crippen LogP contribution in [0.2, 0.25) is 0 Å². The molecule has 0 saturated carbocycles. The average Bonchev–Trinajstić information content (AvgIpc) is 2.89. The molecule has 1 aliphatic heterocycles. The summed E-state index contributed by atoms with van der Waals surface area (Å²) in [6.07, 6.45) is 7.50. The summed E-state index contributed by atoms with van der Waals surface area (Å²) in [6, 6.07) is 4.52. The third-order valence-corrected chi connectivity index (χ3v) is 3.77. The van der Waals surface area contributed by atoms with E-state index >= 15 is 0 Å². The minimum atomic E-state index is 0.627. The van der Waals surface area contributed by atoms with Crippen molar-refractivity contribution in [2.24, 2.45) is 0 Å². The lowest BCUT2D eigenvalue weighted by Crippen LogP contribution is -2.27. The number of anilines is 1. The maximum absolute atomic E-state index is 5.93. The highest BCUT2D eigenvalue weighted by Gasteiger charge is 2.22. The highest BCUT2D eigenvalue weighted by Crippen LogP contribution is 2.21. The van der Waals surface area contributed by atoms with Crippen molar-refractivity contribution in [1.82, 2.24) is 14.3 Å². The van der Waals surface area contributed by atoms with Gasteiger partial charge in [0.05, 0.1) is 17.4 Å². The fraction of sp³-hybridized carbons (Fsp3) is 0.462. The van der Waals surface area contributed by atoms with E-state index < -0.39 is 0 Å². The van der Waals surface area contributed by atoms with Gasteiger partial charge in [0, 0.05) is 18.7 Å². The second kappa shape index (κ2) is 4.04. The Morgan fingerprint density at radius 1 is 1.53 bits per heavy atom. The number of likely N-dealkylation sites (N-methyl/N-ethyl adjacent to an activating group) is 1. The van der Waals surface area contributed by atoms with Crippen LogP contribution < -0.4 is 5.73 Å². The van der Waals surface area contributed by atoms with Crippen molar-refractivity contribution in [2.75, 3.05) is 19.3 Å². The molecule has 0 radical (unpaired) electrons. The van der Waals surface area contributed by atoms with Crippen LogP contribution in [0, 0.1) is 0 Å². The van der Waals surface area contributed by atoms with Crippen LogP contribution in [0.3, 0.4) is 0 Å². The molecule has 3 heterocycles. The van der Waals surface area contributed by atoms with E-state index in [0.29, 0.717) is 6.04 Å². The number of pyridine rings is 1. The molecule has 1 saturated heterocycles. The Morgan fingerprint density at radius 3 is 3.18 bits per heavy atom. The van der Waals surface area contributed by atoms with Gasteiger partial charge < -0.3 is 15.0 Å². The molecule has 2 aromatic rings. The molecule has 0 aliphatic carbocycles. The number of hydrogen-bond donors (Lipinski definition) is 1. The van der Waals surface area contributed by atoms with Gasteiger partial charge in [0.25, 0.3) is 0 Å². The number of aromatic nitrogens is 2. The van der Waals surface area contributed by atoms with Gasteiger partial charge in [-0.05, 0) is 38.6 Å². The summed E-state index contributed by atoms with van der Waals surface area (Å²) >= 11 is 0. The smallest absolute Gasteiger partial charge is 0.114 e. The zero-order valence-electron chi connectivity index (χ0n) is 10.1. The molecule has 1 aliphatic rings. The molecule has 1 fully saturated rings. The first-order valence-electron chi connectivity index (χ1n) is 6.16. The van der Waals surface area contributed by atoms with Crippen LogP contribution in [-0.4, -0.2) is 33.9 Å². The number of nitrogens with two attached hydrogens (primary N) is 1. The second-order valence-corrected chi connectivity index (χ2v) is 4.87. The number of rotatable bonds is 2. The Hall–Kier alpha value is -1.55. The summed E-state index contributed by atoms with van der Waals surface area (Å²) < 4.78 is 2.11. The fourth-order valence-corrected chi connectivity index (χ4v) is 2.70. The van der Waals surface area contributed by atoms with E-state index in [4.69, 9.17) is 5.73 Å². The number of nitrogens with zero attached hydrogens (tertiary/aromatic N) is 3. The first-order chi connectivity index (χ1) is 8.25. The zero-order chi connectivity index (χ0) is 11.8. The van der Waals surface area contributed by atoms with E-state index in [1.54, 1.807) is 0 Å². The lowest BCUT2D eigenvalue weighted by Gasteiger charge is -2.18. The summed E-state index contributed by atoms with van der Waals surface area (Å²) in [7, 11) is 2.20. The Morgan fingerprint density at radius 2 is 2.41 bits per heavy atom. The molecule has 0 bridgehead atoms. The third-order valence-electron chi connectivity index (χ3n) is 3.77. The Labute approximate surface area is 101 Å². The zero-order valence-corrected chi connectivity index (χ0v) is 10.1. The molecule has 4 nitrogen and oxygen atoms in total. The van der Waals surface area contributed by atoms with E-state index in [1.807, 2.05) is 24.5 Å². The molecular weight excluding hydrogens is 212 g/mol. The van der Waals surface area contributed by atoms with E-state index in [-0.39, 0.29) is 0 Å². The predicted molar refractivity (Wildman–Crippen MR) is 69.0 cm³/mol. The molecule has 2 aromatic heterocycles. The highest BCUT2D eigenvalue weighted by atomic mass is 15.2. The van der Waals surface area contributed by atoms with Gasteiger partial charge in [-0.1, -0.05) is 0 Å². The minimum absolute atomic E-state index is 0.627. The van der Waals surface area contributed by atoms with E-state index in [0.717, 1.165) is 23.4 Å². The highest BCUT2D eigenvalue weighted by molar-refractivity contribution is 5.68. The summed E-state index contributed by atoms with van der Waals surface area (Å²) in [4.78, 5) is 6.93. The molecule has 4 heteroatoms. The van der Waals surface area contributed by atoms with Crippen LogP contribution >= 0.6 is 0 Å². The maximum Gasteiger partial charge on any atom is 0.114 e. The molecule has 1 unspecified atom stereocenters. The van der Waals surface area contributed by atoms with Crippen molar-refractivity contribution >= 4 is 11.2 Å². The Bertz CT molecular complexity index is 531. The van der Waals surface area contributed by atoms with Crippen LogP contribution in [0.4, 0.5) is 5.69 Å². The van der Waals surface area contributed by atoms with E-state index in [1.165, 1.54) is 19.4 Å². The van der Waals surface area contributed by atoms with Gasteiger partial charge in [0.15, 0.2) is 0 Å². The van der Waals surface area contributed by atoms with Crippen molar-refractivity contribution in [2.45, 2.75) is 25.3 Å². The first kappa shape index (κ1) is 10.6. The number of nitrogen functional groups attached to an aromatic ring is 1. The molecule has 17 heavy (non-hydrogen) atoms. The summed E-state index contributed by atoms with van der Waals surface area (Å²) in [6.45, 7) is 1.20. The van der Waals surface area contributed by atoms with Crippen molar-refractivity contribution in [3.8, 4) is 0 Å². The largest absolute Gasteiger partial charge is 0.397 e. The SMILES string of the molecule is CN1CCCC1Cc1ncc2c(N)cccn12. The molecule has 0 amide bonds. The van der Waals surface area contributed by atoms with Gasteiger partial charge in [-0.2, -0.15) is 0 Å². The van der Waals surface area contributed by atoms with Gasteiger partial charge >= 0.3 is 0 Å². The number of hydrogen-bond acceptors (Lipinski definition) is 3. The molecule has 0 spiro atoms. The summed E-state index contributed by atoms with van der Waals surface area (Å²) in [5, 5.41) is 0. The number of fused-ring (bicyclic) bond motifs is 1. The molecule has 1 atom stereocenters. The average molecular weight is 230 g/mol. The molecule has 90 valence electrons. The number of likely N-dealkylation sites (tertiary alicyclic amines) is 1. The predicted octanol–water partition coefficient (Wildman–Crippen LogP) is 1.55. The van der Waals surface area contributed by atoms with Gasteiger partial charge in [-0.3, -0.25) is 0 Å². The van der Waals surface area contributed by atoms with Gasteiger partial charge in [-0.25, -0.2) is 4.98 Å². The normalized spacial score (nSPS) is 21.4. The van der Waals surface area contributed by atoms with E-state index in [2.05, 4.69) is 21.3 Å². The lowest BCUT2D eigenvalue weighted by atomic mass is 10.1. The molecule has 0 aromatic carbocycles. The standard InChI is InChI=1S/C13H18N4/c1-16-6-2-4-10(16)8-13-15-9-12-11(14)5-3-7-17(12)13/h3,5,7,9-10H,2,4,6,8,14H2,1H3. The summed E-state index contributed by atoms with van der Waals surface area (Å²) in [5.41, 5.74) is 7.75. The lowest BCUT2D eigenvalue weighted by molar-refractivity contribution is 0.305. The maximum atomic E-state index is 5.93. The summed E-state index contributed by atoms with van der Waals surface area (Å²) in [5.74, 6) is 1.12. The van der Waals surface area contributed by atoms with Crippen LogP contribution in [0.25, 0.3) is 5.52 Å². The quantitative estimate of drug-likeness (QED) is 0.851. The number of imidazole rings is 1. The minimum Gasteiger partial charge on any atom is -0.397 e. The molecular formula is C13H18N4. The molecule has 2 N–H and O–H groups in total. The van der Waals surface area contributed by atoms with Gasteiger partial charge in [-0.15, -0.1) is 0 Å². The van der Waals surface area contributed by atoms with Gasteiger partial charge in [0.1, 0.15) is 5.82 Å². The first-order valence-corrected chi connectivity index (χ1v) is 6.16. The van der Waals surface area contributed by atoms with Crippen LogP contribution in [0.1, 0.15) is 18.7 Å². The van der Waals surface area contributed by atoms with Crippen molar-refractivity contribution in [3.05, 3.63) is 30.4 Å². The van der Waals surface area contributed by atoms with Crippen LogP contribution in [-0.2, 0) is 6.42 Å². The van der Waals surface area contributed by atoms with Crippen molar-refractivity contribution in [3.63, 3.8) is 0 Å². The fourth-order valence-electron chi connectivity index (χ4n) is 2.70. The van der Waals surface area contributed by atoms with Crippen LogP contribution in [0.5, 0.6) is 0 Å². The van der Waals surface area contributed by atoms with Crippen molar-refractivity contribution < 1.29 is 0 Å². The van der Waals surface area contributed by atoms with Crippen molar-refractivity contribution in [1.29, 1.82) is 0 Å². The monoisotopic (exact) mass is 230 g/mol.